The Morgan fingerprint density at radius 2 is 1.62 bits per heavy atom. The van der Waals surface area contributed by atoms with E-state index in [2.05, 4.69) is 15.6 Å². The molecule has 1 aromatic heterocycles. The van der Waals surface area contributed by atoms with Crippen molar-refractivity contribution in [3.05, 3.63) is 95.4 Å². The number of anilines is 2. The average molecular weight is 496 g/mol. The Balaban J connectivity index is 1.35. The van der Waals surface area contributed by atoms with Crippen LogP contribution in [0.3, 0.4) is 0 Å². The van der Waals surface area contributed by atoms with Crippen molar-refractivity contribution in [3.8, 4) is 11.3 Å². The summed E-state index contributed by atoms with van der Waals surface area (Å²) >= 11 is 2.63. The summed E-state index contributed by atoms with van der Waals surface area (Å²) in [6.07, 6.45) is 0. The zero-order chi connectivity index (χ0) is 24.1. The Morgan fingerprint density at radius 3 is 2.32 bits per heavy atom. The van der Waals surface area contributed by atoms with Gasteiger partial charge in [0.1, 0.15) is 11.6 Å². The number of nitrogens with zero attached hydrogens (tertiary/aromatic N) is 1. The van der Waals surface area contributed by atoms with Crippen LogP contribution in [0.4, 0.5) is 19.6 Å². The summed E-state index contributed by atoms with van der Waals surface area (Å²) in [6.45, 7) is 1.78. The molecule has 4 aromatic rings. The standard InChI is InChI=1S/C25H19F2N3O2S2/c1-15(23(31)30-25-29-22(14-33-25)16-5-9-18(26)10-6-16)34-21-4-2-3-20(13-21)28-24(32)17-7-11-19(27)12-8-17/h2-15H,1H3,(H,28,32)(H,29,30,31). The molecule has 0 aliphatic rings. The van der Waals surface area contributed by atoms with Gasteiger partial charge in [0, 0.05) is 27.1 Å². The number of thioether (sulfide) groups is 1. The van der Waals surface area contributed by atoms with E-state index >= 15 is 0 Å². The van der Waals surface area contributed by atoms with Crippen molar-refractivity contribution >= 4 is 45.7 Å². The summed E-state index contributed by atoms with van der Waals surface area (Å²) in [5.41, 5.74) is 2.33. The molecule has 0 aliphatic carbocycles. The van der Waals surface area contributed by atoms with Gasteiger partial charge in [-0.15, -0.1) is 23.1 Å². The normalized spacial score (nSPS) is 11.6. The second-order valence-corrected chi connectivity index (χ2v) is 9.56. The largest absolute Gasteiger partial charge is 0.322 e. The Labute approximate surface area is 203 Å². The van der Waals surface area contributed by atoms with Crippen molar-refractivity contribution in [2.24, 2.45) is 0 Å². The molecule has 172 valence electrons. The summed E-state index contributed by atoms with van der Waals surface area (Å²) in [7, 11) is 0. The number of rotatable bonds is 7. The van der Waals surface area contributed by atoms with E-state index in [1.54, 1.807) is 42.6 Å². The molecule has 1 atom stereocenters. The van der Waals surface area contributed by atoms with E-state index < -0.39 is 11.1 Å². The molecular weight excluding hydrogens is 476 g/mol. The summed E-state index contributed by atoms with van der Waals surface area (Å²) in [5, 5.41) is 7.41. The number of benzene rings is 3. The third kappa shape index (κ3) is 6.06. The first-order chi connectivity index (χ1) is 16.4. The van der Waals surface area contributed by atoms with E-state index in [1.165, 1.54) is 59.5 Å². The minimum absolute atomic E-state index is 0.217. The molecule has 0 saturated heterocycles. The number of aromatic nitrogens is 1. The first-order valence-corrected chi connectivity index (χ1v) is 12.0. The summed E-state index contributed by atoms with van der Waals surface area (Å²) in [5.74, 6) is -1.30. The van der Waals surface area contributed by atoms with Gasteiger partial charge in [-0.05, 0) is 73.7 Å². The lowest BCUT2D eigenvalue weighted by atomic mass is 10.2. The highest BCUT2D eigenvalue weighted by Crippen LogP contribution is 2.29. The van der Waals surface area contributed by atoms with Gasteiger partial charge in [-0.25, -0.2) is 13.8 Å². The minimum atomic E-state index is -0.429. The van der Waals surface area contributed by atoms with Crippen molar-refractivity contribution in [2.45, 2.75) is 17.1 Å². The summed E-state index contributed by atoms with van der Waals surface area (Å²) in [4.78, 5) is 30.2. The van der Waals surface area contributed by atoms with Gasteiger partial charge < -0.3 is 10.6 Å². The second-order valence-electron chi connectivity index (χ2n) is 7.28. The Morgan fingerprint density at radius 1 is 0.941 bits per heavy atom. The fraction of sp³-hybridized carbons (Fsp3) is 0.0800. The maximum absolute atomic E-state index is 13.1. The van der Waals surface area contributed by atoms with Gasteiger partial charge in [0.2, 0.25) is 5.91 Å². The number of hydrogen-bond donors (Lipinski definition) is 2. The molecule has 0 fully saturated rings. The molecule has 0 spiro atoms. The van der Waals surface area contributed by atoms with Crippen LogP contribution in [0, 0.1) is 11.6 Å². The number of carbonyl (C=O) groups is 2. The minimum Gasteiger partial charge on any atom is -0.322 e. The molecule has 34 heavy (non-hydrogen) atoms. The highest BCUT2D eigenvalue weighted by Gasteiger charge is 2.17. The van der Waals surface area contributed by atoms with Crippen LogP contribution >= 0.6 is 23.1 Å². The molecule has 0 aliphatic heterocycles. The van der Waals surface area contributed by atoms with Crippen molar-refractivity contribution in [3.63, 3.8) is 0 Å². The van der Waals surface area contributed by atoms with Crippen LogP contribution in [-0.4, -0.2) is 22.0 Å². The number of thiazole rings is 1. The molecule has 0 bridgehead atoms. The monoisotopic (exact) mass is 495 g/mol. The SMILES string of the molecule is CC(Sc1cccc(NC(=O)c2ccc(F)cc2)c1)C(=O)Nc1nc(-c2ccc(F)cc2)cs1. The lowest BCUT2D eigenvalue weighted by Gasteiger charge is -2.12. The Hall–Kier alpha value is -3.56. The fourth-order valence-electron chi connectivity index (χ4n) is 3.00. The lowest BCUT2D eigenvalue weighted by molar-refractivity contribution is -0.115. The van der Waals surface area contributed by atoms with E-state index in [4.69, 9.17) is 0 Å². The molecule has 4 rings (SSSR count). The summed E-state index contributed by atoms with van der Waals surface area (Å²) in [6, 6.07) is 18.4. The van der Waals surface area contributed by atoms with Crippen LogP contribution in [0.2, 0.25) is 0 Å². The second kappa shape index (κ2) is 10.6. The molecular formula is C25H19F2N3O2S2. The van der Waals surface area contributed by atoms with Crippen LogP contribution in [0.15, 0.2) is 83.1 Å². The quantitative estimate of drug-likeness (QED) is 0.289. The first kappa shape index (κ1) is 23.6. The van der Waals surface area contributed by atoms with E-state index in [0.29, 0.717) is 22.1 Å². The number of nitrogens with one attached hydrogen (secondary N) is 2. The maximum atomic E-state index is 13.1. The Kier molecular flexibility index (Phi) is 7.34. The topological polar surface area (TPSA) is 71.1 Å². The smallest absolute Gasteiger partial charge is 0.255 e. The summed E-state index contributed by atoms with van der Waals surface area (Å²) < 4.78 is 26.2. The fourth-order valence-corrected chi connectivity index (χ4v) is 4.65. The van der Waals surface area contributed by atoms with E-state index in [1.807, 2.05) is 6.07 Å². The van der Waals surface area contributed by atoms with Crippen LogP contribution in [0.5, 0.6) is 0 Å². The van der Waals surface area contributed by atoms with E-state index in [0.717, 1.165) is 10.5 Å². The third-order valence-electron chi connectivity index (χ3n) is 4.75. The van der Waals surface area contributed by atoms with Crippen LogP contribution in [-0.2, 0) is 4.79 Å². The highest BCUT2D eigenvalue weighted by molar-refractivity contribution is 8.00. The van der Waals surface area contributed by atoms with E-state index in [9.17, 15) is 18.4 Å². The number of halogens is 2. The zero-order valence-electron chi connectivity index (χ0n) is 17.9. The van der Waals surface area contributed by atoms with Crippen LogP contribution in [0.25, 0.3) is 11.3 Å². The van der Waals surface area contributed by atoms with E-state index in [-0.39, 0.29) is 17.6 Å². The number of carbonyl (C=O) groups excluding carboxylic acids is 2. The molecule has 5 nitrogen and oxygen atoms in total. The predicted molar refractivity (Wildman–Crippen MR) is 132 cm³/mol. The van der Waals surface area contributed by atoms with Gasteiger partial charge in [0.25, 0.3) is 5.91 Å². The van der Waals surface area contributed by atoms with Crippen LogP contribution in [0.1, 0.15) is 17.3 Å². The molecule has 2 amide bonds. The van der Waals surface area contributed by atoms with Gasteiger partial charge in [-0.3, -0.25) is 9.59 Å². The van der Waals surface area contributed by atoms with Crippen molar-refractivity contribution in [1.29, 1.82) is 0 Å². The van der Waals surface area contributed by atoms with Crippen LogP contribution < -0.4 is 10.6 Å². The van der Waals surface area contributed by atoms with Gasteiger partial charge in [-0.2, -0.15) is 0 Å². The predicted octanol–water partition coefficient (Wildman–Crippen LogP) is 6.46. The van der Waals surface area contributed by atoms with Crippen molar-refractivity contribution < 1.29 is 18.4 Å². The molecule has 3 aromatic carbocycles. The van der Waals surface area contributed by atoms with Crippen molar-refractivity contribution in [2.75, 3.05) is 10.6 Å². The van der Waals surface area contributed by atoms with Gasteiger partial charge >= 0.3 is 0 Å². The Bertz CT molecular complexity index is 1310. The zero-order valence-corrected chi connectivity index (χ0v) is 19.6. The molecule has 2 N–H and O–H groups in total. The maximum Gasteiger partial charge on any atom is 0.255 e. The molecule has 1 unspecified atom stereocenters. The van der Waals surface area contributed by atoms with Gasteiger partial charge in [-0.1, -0.05) is 6.07 Å². The number of amides is 2. The lowest BCUT2D eigenvalue weighted by Crippen LogP contribution is -2.22. The molecule has 0 saturated carbocycles. The van der Waals surface area contributed by atoms with Gasteiger partial charge in [0.05, 0.1) is 10.9 Å². The highest BCUT2D eigenvalue weighted by atomic mass is 32.2. The molecule has 9 heteroatoms. The van der Waals surface area contributed by atoms with Gasteiger partial charge in [0.15, 0.2) is 5.13 Å². The third-order valence-corrected chi connectivity index (χ3v) is 6.61. The van der Waals surface area contributed by atoms with Crippen molar-refractivity contribution in [1.82, 2.24) is 4.98 Å². The average Bonchev–Trinajstić information content (AvgIpc) is 3.28. The molecule has 1 heterocycles. The first-order valence-electron chi connectivity index (χ1n) is 10.2. The number of hydrogen-bond acceptors (Lipinski definition) is 5. The molecule has 0 radical (unpaired) electrons.